The van der Waals surface area contributed by atoms with Crippen LogP contribution in [0.1, 0.15) is 59.9 Å². The molecule has 0 aromatic heterocycles. The van der Waals surface area contributed by atoms with Crippen molar-refractivity contribution in [3.05, 3.63) is 23.5 Å². The fourth-order valence-electron chi connectivity index (χ4n) is 3.82. The molecule has 0 spiro atoms. The lowest BCUT2D eigenvalue weighted by Gasteiger charge is -2.32. The zero-order valence-electron chi connectivity index (χ0n) is 15.6. The first-order valence-electron chi connectivity index (χ1n) is 8.98. The van der Waals surface area contributed by atoms with Gasteiger partial charge in [-0.15, -0.1) is 0 Å². The Balaban J connectivity index is 1.75. The molecule has 0 amide bonds. The van der Waals surface area contributed by atoms with E-state index in [1.54, 1.807) is 6.07 Å². The van der Waals surface area contributed by atoms with Crippen LogP contribution >= 0.6 is 0 Å². The second-order valence-corrected chi connectivity index (χ2v) is 9.22. The van der Waals surface area contributed by atoms with Crippen molar-refractivity contribution in [2.45, 2.75) is 77.0 Å². The highest BCUT2D eigenvalue weighted by Crippen LogP contribution is 2.46. The van der Waals surface area contributed by atoms with Gasteiger partial charge in [-0.25, -0.2) is 4.39 Å². The average Bonchev–Trinajstić information content (AvgIpc) is 3.20. The predicted octanol–water partition coefficient (Wildman–Crippen LogP) is 3.38. The summed E-state index contributed by atoms with van der Waals surface area (Å²) in [6, 6.07) is 4.29. The van der Waals surface area contributed by atoms with Gasteiger partial charge in [0.05, 0.1) is 11.2 Å². The molecule has 2 heterocycles. The van der Waals surface area contributed by atoms with Crippen LogP contribution in [0.4, 0.5) is 10.1 Å². The summed E-state index contributed by atoms with van der Waals surface area (Å²) >= 11 is 0. The van der Waals surface area contributed by atoms with E-state index in [0.29, 0.717) is 11.5 Å². The molecule has 1 aromatic carbocycles. The average molecular weight is 331 g/mol. The fourth-order valence-corrected chi connectivity index (χ4v) is 3.82. The minimum absolute atomic E-state index is 0.0206. The molecule has 1 saturated heterocycles. The zero-order valence-corrected chi connectivity index (χ0v) is 15.6. The Bertz CT molecular complexity index is 681. The Hall–Kier alpha value is -1.07. The Morgan fingerprint density at radius 3 is 2.17 bits per heavy atom. The van der Waals surface area contributed by atoms with Crippen LogP contribution in [0.2, 0.25) is 0 Å². The third-order valence-corrected chi connectivity index (χ3v) is 6.21. The third-order valence-electron chi connectivity index (χ3n) is 6.21. The van der Waals surface area contributed by atoms with Crippen LogP contribution in [-0.2, 0) is 14.7 Å². The van der Waals surface area contributed by atoms with Crippen molar-refractivity contribution >= 4 is 18.3 Å². The number of nitrogens with zero attached hydrogens (tertiary/aromatic N) is 1. The van der Waals surface area contributed by atoms with Gasteiger partial charge in [0, 0.05) is 29.2 Å². The fraction of sp³-hybridized carbons (Fsp3) is 0.684. The highest BCUT2D eigenvalue weighted by atomic mass is 19.1. The molecule has 3 aliphatic rings. The van der Waals surface area contributed by atoms with Crippen LogP contribution in [0, 0.1) is 5.82 Å². The van der Waals surface area contributed by atoms with E-state index in [1.165, 1.54) is 12.8 Å². The number of hydrogen-bond acceptors (Lipinski definition) is 3. The largest absolute Gasteiger partial charge is 0.497 e. The molecule has 2 aliphatic heterocycles. The number of fused-ring (bicyclic) bond motifs is 1. The van der Waals surface area contributed by atoms with Gasteiger partial charge in [0.2, 0.25) is 0 Å². The number of anilines is 1. The first kappa shape index (κ1) is 16.4. The van der Waals surface area contributed by atoms with Crippen LogP contribution in [-0.4, -0.2) is 30.9 Å². The van der Waals surface area contributed by atoms with Crippen LogP contribution < -0.4 is 10.4 Å². The van der Waals surface area contributed by atoms with E-state index >= 15 is 0 Å². The molecular formula is C19H27BFNO2. The topological polar surface area (TPSA) is 21.7 Å². The lowest BCUT2D eigenvalue weighted by Crippen LogP contribution is -2.41. The molecule has 3 nitrogen and oxygen atoms in total. The lowest BCUT2D eigenvalue weighted by atomic mass is 9.76. The second-order valence-electron chi connectivity index (χ2n) is 9.22. The molecular weight excluding hydrogens is 304 g/mol. The Morgan fingerprint density at radius 2 is 1.62 bits per heavy atom. The van der Waals surface area contributed by atoms with Crippen molar-refractivity contribution in [2.24, 2.45) is 0 Å². The summed E-state index contributed by atoms with van der Waals surface area (Å²) in [5, 5.41) is 0. The van der Waals surface area contributed by atoms with E-state index in [2.05, 4.69) is 18.7 Å². The van der Waals surface area contributed by atoms with Gasteiger partial charge in [-0.1, -0.05) is 13.8 Å². The van der Waals surface area contributed by atoms with Crippen molar-refractivity contribution < 1.29 is 13.7 Å². The predicted molar refractivity (Wildman–Crippen MR) is 95.5 cm³/mol. The van der Waals surface area contributed by atoms with E-state index in [0.717, 1.165) is 17.8 Å². The van der Waals surface area contributed by atoms with Gasteiger partial charge in [-0.2, -0.15) is 0 Å². The molecule has 130 valence electrons. The molecule has 24 heavy (non-hydrogen) atoms. The van der Waals surface area contributed by atoms with E-state index in [4.69, 9.17) is 9.31 Å². The maximum Gasteiger partial charge on any atom is 0.497 e. The van der Waals surface area contributed by atoms with Crippen LogP contribution in [0.15, 0.2) is 12.1 Å². The van der Waals surface area contributed by atoms with Crippen molar-refractivity contribution in [3.8, 4) is 0 Å². The number of halogens is 1. The molecule has 0 radical (unpaired) electrons. The molecule has 1 aliphatic carbocycles. The first-order valence-corrected chi connectivity index (χ1v) is 8.98. The molecule has 5 heteroatoms. The van der Waals surface area contributed by atoms with E-state index in [9.17, 15) is 4.39 Å². The van der Waals surface area contributed by atoms with E-state index in [-0.39, 0.29) is 11.2 Å². The normalized spacial score (nSPS) is 26.8. The van der Waals surface area contributed by atoms with Crippen molar-refractivity contribution in [1.29, 1.82) is 0 Å². The highest BCUT2D eigenvalue weighted by molar-refractivity contribution is 6.62. The van der Waals surface area contributed by atoms with Gasteiger partial charge >= 0.3 is 7.12 Å². The van der Waals surface area contributed by atoms with Gasteiger partial charge in [-0.05, 0) is 58.2 Å². The number of benzene rings is 1. The lowest BCUT2D eigenvalue weighted by molar-refractivity contribution is 0.00578. The summed E-state index contributed by atoms with van der Waals surface area (Å²) in [4.78, 5) is 2.45. The highest BCUT2D eigenvalue weighted by Gasteiger charge is 2.53. The number of hydrogen-bond donors (Lipinski definition) is 0. The van der Waals surface area contributed by atoms with Crippen molar-refractivity contribution in [2.75, 3.05) is 11.4 Å². The number of rotatable bonds is 2. The Labute approximate surface area is 144 Å². The molecule has 0 N–H and O–H groups in total. The summed E-state index contributed by atoms with van der Waals surface area (Å²) in [5.74, 6) is -0.224. The second kappa shape index (κ2) is 4.76. The standard InChI is InChI=1S/C19H27BFNO2/c1-17(2)11-22(12-7-8-12)16-10-14(15(21)9-13(16)17)20-23-18(3,4)19(5,6)24-20/h9-10,12H,7-8,11H2,1-6H3. The minimum atomic E-state index is -0.648. The molecule has 2 fully saturated rings. The summed E-state index contributed by atoms with van der Waals surface area (Å²) in [5.41, 5.74) is 1.85. The molecule has 0 atom stereocenters. The molecule has 1 aromatic rings. The van der Waals surface area contributed by atoms with Crippen molar-refractivity contribution in [1.82, 2.24) is 0 Å². The first-order chi connectivity index (χ1) is 11.0. The van der Waals surface area contributed by atoms with Gasteiger partial charge < -0.3 is 14.2 Å². The maximum absolute atomic E-state index is 14.9. The van der Waals surface area contributed by atoms with Gasteiger partial charge in [0.15, 0.2) is 0 Å². The van der Waals surface area contributed by atoms with Crippen LogP contribution in [0.25, 0.3) is 0 Å². The van der Waals surface area contributed by atoms with Gasteiger partial charge in [-0.3, -0.25) is 0 Å². The molecule has 4 rings (SSSR count). The smallest absolute Gasteiger partial charge is 0.399 e. The van der Waals surface area contributed by atoms with Crippen molar-refractivity contribution in [3.63, 3.8) is 0 Å². The SMILES string of the molecule is CC1(C)CN(C2CC2)c2cc(B3OC(C)(C)C(C)(C)O3)c(F)cc21. The molecule has 0 bridgehead atoms. The summed E-state index contributed by atoms with van der Waals surface area (Å²) in [7, 11) is -0.648. The van der Waals surface area contributed by atoms with E-state index < -0.39 is 18.3 Å². The van der Waals surface area contributed by atoms with Gasteiger partial charge in [0.1, 0.15) is 5.82 Å². The Kier molecular flexibility index (Phi) is 3.25. The maximum atomic E-state index is 14.9. The van der Waals surface area contributed by atoms with Crippen LogP contribution in [0.3, 0.4) is 0 Å². The third kappa shape index (κ3) is 2.32. The van der Waals surface area contributed by atoms with Gasteiger partial charge in [0.25, 0.3) is 0 Å². The Morgan fingerprint density at radius 1 is 1.04 bits per heavy atom. The van der Waals surface area contributed by atoms with Crippen LogP contribution in [0.5, 0.6) is 0 Å². The minimum Gasteiger partial charge on any atom is -0.399 e. The quantitative estimate of drug-likeness (QED) is 0.776. The molecule has 0 unspecified atom stereocenters. The summed E-state index contributed by atoms with van der Waals surface area (Å²) in [6.07, 6.45) is 2.47. The summed E-state index contributed by atoms with van der Waals surface area (Å²) < 4.78 is 27.1. The molecule has 1 saturated carbocycles. The summed E-state index contributed by atoms with van der Waals surface area (Å²) in [6.45, 7) is 13.3. The van der Waals surface area contributed by atoms with E-state index in [1.807, 2.05) is 33.8 Å². The monoisotopic (exact) mass is 331 g/mol. The zero-order chi connectivity index (χ0) is 17.5.